The SMILES string of the molecule is CCOC(CCOC(OC(C)CC)C(C)COCCCCO)OC(C)C. The summed E-state index contributed by atoms with van der Waals surface area (Å²) in [4.78, 5) is 0. The zero-order valence-electron chi connectivity index (χ0n) is 17.7. The number of aliphatic hydroxyl groups is 1. The van der Waals surface area contributed by atoms with E-state index in [4.69, 9.17) is 28.8 Å². The van der Waals surface area contributed by atoms with Gasteiger partial charge in [-0.15, -0.1) is 0 Å². The van der Waals surface area contributed by atoms with Crippen LogP contribution in [0.3, 0.4) is 0 Å². The maximum atomic E-state index is 8.81. The summed E-state index contributed by atoms with van der Waals surface area (Å²) in [7, 11) is 0. The molecule has 26 heavy (non-hydrogen) atoms. The highest BCUT2D eigenvalue weighted by molar-refractivity contribution is 4.61. The van der Waals surface area contributed by atoms with Crippen LogP contribution in [-0.2, 0) is 23.7 Å². The number of unbranched alkanes of at least 4 members (excludes halogenated alkanes) is 1. The van der Waals surface area contributed by atoms with Crippen molar-refractivity contribution >= 4 is 0 Å². The van der Waals surface area contributed by atoms with Gasteiger partial charge in [-0.25, -0.2) is 0 Å². The first kappa shape index (κ1) is 25.8. The number of hydrogen-bond donors (Lipinski definition) is 1. The molecule has 0 rings (SSSR count). The third kappa shape index (κ3) is 13.9. The fourth-order valence-electron chi connectivity index (χ4n) is 2.29. The monoisotopic (exact) mass is 378 g/mol. The lowest BCUT2D eigenvalue weighted by molar-refractivity contribution is -0.216. The molecule has 0 saturated carbocycles. The summed E-state index contributed by atoms with van der Waals surface area (Å²) in [5.74, 6) is 0.120. The summed E-state index contributed by atoms with van der Waals surface area (Å²) < 4.78 is 29.1. The van der Waals surface area contributed by atoms with E-state index in [0.29, 0.717) is 32.8 Å². The summed E-state index contributed by atoms with van der Waals surface area (Å²) >= 11 is 0. The smallest absolute Gasteiger partial charge is 0.162 e. The molecule has 4 unspecified atom stereocenters. The molecule has 0 aliphatic rings. The average molecular weight is 379 g/mol. The van der Waals surface area contributed by atoms with Crippen LogP contribution in [0.2, 0.25) is 0 Å². The van der Waals surface area contributed by atoms with Gasteiger partial charge in [0.05, 0.1) is 25.4 Å². The molecule has 4 atom stereocenters. The van der Waals surface area contributed by atoms with Crippen LogP contribution in [0.15, 0.2) is 0 Å². The second-order valence-electron chi connectivity index (χ2n) is 6.94. The minimum atomic E-state index is -0.316. The third-order valence-electron chi connectivity index (χ3n) is 3.90. The van der Waals surface area contributed by atoms with Crippen molar-refractivity contribution < 1.29 is 28.8 Å². The van der Waals surface area contributed by atoms with E-state index in [1.807, 2.05) is 20.8 Å². The molecular weight excluding hydrogens is 336 g/mol. The van der Waals surface area contributed by atoms with E-state index in [9.17, 15) is 0 Å². The van der Waals surface area contributed by atoms with Gasteiger partial charge in [-0.1, -0.05) is 13.8 Å². The second-order valence-corrected chi connectivity index (χ2v) is 6.94. The Hall–Kier alpha value is -0.240. The van der Waals surface area contributed by atoms with Crippen LogP contribution in [-0.4, -0.2) is 62.9 Å². The van der Waals surface area contributed by atoms with Crippen LogP contribution in [0.5, 0.6) is 0 Å². The molecule has 158 valence electrons. The van der Waals surface area contributed by atoms with Crippen molar-refractivity contribution in [2.75, 3.05) is 33.0 Å². The van der Waals surface area contributed by atoms with Crippen molar-refractivity contribution in [2.24, 2.45) is 5.92 Å². The lowest BCUT2D eigenvalue weighted by Gasteiger charge is -2.28. The van der Waals surface area contributed by atoms with E-state index < -0.39 is 0 Å². The predicted octanol–water partition coefficient (Wildman–Crippen LogP) is 3.75. The molecular formula is C20H42O6. The third-order valence-corrected chi connectivity index (χ3v) is 3.90. The zero-order valence-corrected chi connectivity index (χ0v) is 17.7. The van der Waals surface area contributed by atoms with Crippen molar-refractivity contribution in [1.82, 2.24) is 0 Å². The quantitative estimate of drug-likeness (QED) is 0.289. The molecule has 1 N–H and O–H groups in total. The topological polar surface area (TPSA) is 66.4 Å². The molecule has 6 heteroatoms. The largest absolute Gasteiger partial charge is 0.396 e. The Balaban J connectivity index is 4.38. The highest BCUT2D eigenvalue weighted by Crippen LogP contribution is 2.16. The molecule has 0 amide bonds. The van der Waals surface area contributed by atoms with Gasteiger partial charge in [-0.05, 0) is 47.0 Å². The number of hydrogen-bond acceptors (Lipinski definition) is 6. The highest BCUT2D eigenvalue weighted by atomic mass is 16.7. The van der Waals surface area contributed by atoms with E-state index >= 15 is 0 Å². The summed E-state index contributed by atoms with van der Waals surface area (Å²) in [6.45, 7) is 14.7. The number of aliphatic hydroxyl groups excluding tert-OH is 1. The van der Waals surface area contributed by atoms with Crippen molar-refractivity contribution in [3.8, 4) is 0 Å². The predicted molar refractivity (Wildman–Crippen MR) is 103 cm³/mol. The van der Waals surface area contributed by atoms with Gasteiger partial charge in [-0.3, -0.25) is 0 Å². The number of ether oxygens (including phenoxy) is 5. The van der Waals surface area contributed by atoms with Gasteiger partial charge in [0.15, 0.2) is 12.6 Å². The van der Waals surface area contributed by atoms with Crippen LogP contribution in [0, 0.1) is 5.92 Å². The Kier molecular flexibility index (Phi) is 16.7. The van der Waals surface area contributed by atoms with Gasteiger partial charge >= 0.3 is 0 Å². The van der Waals surface area contributed by atoms with Crippen LogP contribution in [0.4, 0.5) is 0 Å². The molecule has 0 radical (unpaired) electrons. The molecule has 0 heterocycles. The van der Waals surface area contributed by atoms with Crippen LogP contribution >= 0.6 is 0 Å². The van der Waals surface area contributed by atoms with Crippen LogP contribution in [0.1, 0.15) is 67.2 Å². The molecule has 0 bridgehead atoms. The van der Waals surface area contributed by atoms with Gasteiger partial charge in [0.2, 0.25) is 0 Å². The first-order valence-electron chi connectivity index (χ1n) is 10.2. The maximum absolute atomic E-state index is 8.81. The first-order chi connectivity index (χ1) is 12.4. The van der Waals surface area contributed by atoms with E-state index in [2.05, 4.69) is 20.8 Å². The standard InChI is InChI=1S/C20H42O6/c1-7-18(6)26-20(17(5)15-22-13-10-9-12-21)24-14-11-19(23-8-2)25-16(3)4/h16-21H,7-15H2,1-6H3. The Bertz CT molecular complexity index is 300. The molecule has 0 aromatic heterocycles. The van der Waals surface area contributed by atoms with E-state index in [-0.39, 0.29) is 37.3 Å². The second kappa shape index (κ2) is 16.9. The zero-order chi connectivity index (χ0) is 19.8. The minimum absolute atomic E-state index is 0.116. The summed E-state index contributed by atoms with van der Waals surface area (Å²) in [6.07, 6.45) is 2.91. The van der Waals surface area contributed by atoms with Gasteiger partial charge in [0, 0.05) is 32.2 Å². The van der Waals surface area contributed by atoms with E-state index in [1.165, 1.54) is 0 Å². The van der Waals surface area contributed by atoms with E-state index in [1.54, 1.807) is 0 Å². The summed E-state index contributed by atoms with van der Waals surface area (Å²) in [5, 5.41) is 8.81. The van der Waals surface area contributed by atoms with Gasteiger partial charge in [0.25, 0.3) is 0 Å². The van der Waals surface area contributed by atoms with Gasteiger partial charge in [0.1, 0.15) is 0 Å². The Labute approximate surface area is 160 Å². The van der Waals surface area contributed by atoms with Crippen LogP contribution < -0.4 is 0 Å². The van der Waals surface area contributed by atoms with Crippen LogP contribution in [0.25, 0.3) is 0 Å². The average Bonchev–Trinajstić information content (AvgIpc) is 2.59. The molecule has 0 spiro atoms. The lowest BCUT2D eigenvalue weighted by Crippen LogP contribution is -2.33. The summed E-state index contributed by atoms with van der Waals surface area (Å²) in [5.41, 5.74) is 0. The highest BCUT2D eigenvalue weighted by Gasteiger charge is 2.22. The lowest BCUT2D eigenvalue weighted by atomic mass is 10.2. The van der Waals surface area contributed by atoms with Crippen molar-refractivity contribution in [3.63, 3.8) is 0 Å². The Morgan fingerprint density at radius 2 is 1.62 bits per heavy atom. The van der Waals surface area contributed by atoms with Gasteiger partial charge < -0.3 is 28.8 Å². The summed E-state index contributed by atoms with van der Waals surface area (Å²) in [6, 6.07) is 0. The molecule has 0 saturated heterocycles. The number of rotatable bonds is 18. The maximum Gasteiger partial charge on any atom is 0.162 e. The normalized spacial score (nSPS) is 16.6. The first-order valence-corrected chi connectivity index (χ1v) is 10.2. The van der Waals surface area contributed by atoms with Crippen molar-refractivity contribution in [2.45, 2.75) is 92.0 Å². The Morgan fingerprint density at radius 3 is 2.19 bits per heavy atom. The molecule has 0 aromatic carbocycles. The fourth-order valence-corrected chi connectivity index (χ4v) is 2.29. The molecule has 0 aromatic rings. The van der Waals surface area contributed by atoms with E-state index in [0.717, 1.165) is 19.3 Å². The Morgan fingerprint density at radius 1 is 0.885 bits per heavy atom. The molecule has 0 fully saturated rings. The molecule has 6 nitrogen and oxygen atoms in total. The van der Waals surface area contributed by atoms with Crippen molar-refractivity contribution in [3.05, 3.63) is 0 Å². The molecule has 0 aliphatic heterocycles. The van der Waals surface area contributed by atoms with Gasteiger partial charge in [-0.2, -0.15) is 0 Å². The van der Waals surface area contributed by atoms with Crippen molar-refractivity contribution in [1.29, 1.82) is 0 Å². The minimum Gasteiger partial charge on any atom is -0.396 e. The molecule has 0 aliphatic carbocycles. The fraction of sp³-hybridized carbons (Fsp3) is 1.00.